The van der Waals surface area contributed by atoms with E-state index in [2.05, 4.69) is 5.32 Å². The summed E-state index contributed by atoms with van der Waals surface area (Å²) in [5.74, 6) is 0.0114. The number of benzene rings is 3. The van der Waals surface area contributed by atoms with Crippen molar-refractivity contribution in [2.24, 2.45) is 0 Å². The molecule has 2 amide bonds. The third-order valence-corrected chi connectivity index (χ3v) is 5.44. The van der Waals surface area contributed by atoms with Crippen LogP contribution in [0.1, 0.15) is 56.1 Å². The summed E-state index contributed by atoms with van der Waals surface area (Å²) >= 11 is 0. The van der Waals surface area contributed by atoms with Gasteiger partial charge in [-0.05, 0) is 46.2 Å². The highest BCUT2D eigenvalue weighted by Gasteiger charge is 2.26. The van der Waals surface area contributed by atoms with Gasteiger partial charge in [0.1, 0.15) is 12.1 Å². The summed E-state index contributed by atoms with van der Waals surface area (Å²) in [4.78, 5) is 41.1. The molecule has 0 heterocycles. The molecular weight excluding hydrogens is 496 g/mol. The number of anilines is 1. The van der Waals surface area contributed by atoms with Gasteiger partial charge in [0.15, 0.2) is 17.3 Å². The van der Waals surface area contributed by atoms with Crippen LogP contribution in [0.4, 0.5) is 10.5 Å². The fraction of sp³-hybridized carbons (Fsp3) is 0.323. The van der Waals surface area contributed by atoms with Gasteiger partial charge >= 0.3 is 6.09 Å². The van der Waals surface area contributed by atoms with Gasteiger partial charge in [-0.1, -0.05) is 60.7 Å². The first kappa shape index (κ1) is 29.2. The molecule has 0 spiro atoms. The molecule has 3 aromatic rings. The first-order chi connectivity index (χ1) is 18.6. The average molecular weight is 533 g/mol. The molecule has 0 aliphatic heterocycles. The van der Waals surface area contributed by atoms with E-state index in [4.69, 9.17) is 14.2 Å². The van der Waals surface area contributed by atoms with E-state index in [1.807, 2.05) is 50.2 Å². The molecule has 206 valence electrons. The van der Waals surface area contributed by atoms with Crippen LogP contribution in [0.3, 0.4) is 0 Å². The smallest absolute Gasteiger partial charge is 0.411 e. The van der Waals surface area contributed by atoms with Gasteiger partial charge in [0.25, 0.3) is 0 Å². The highest BCUT2D eigenvalue weighted by atomic mass is 16.6. The number of carbonyl (C=O) groups excluding carboxylic acids is 3. The molecule has 0 saturated heterocycles. The largest absolute Gasteiger partial charge is 0.490 e. The number of nitrogens with one attached hydrogen (secondary N) is 1. The summed E-state index contributed by atoms with van der Waals surface area (Å²) in [6.45, 7) is 9.58. The van der Waals surface area contributed by atoms with Crippen LogP contribution in [-0.2, 0) is 16.1 Å². The fourth-order valence-electron chi connectivity index (χ4n) is 3.81. The Labute approximate surface area is 229 Å². The number of rotatable bonds is 11. The van der Waals surface area contributed by atoms with Crippen molar-refractivity contribution in [2.75, 3.05) is 25.1 Å². The van der Waals surface area contributed by atoms with Gasteiger partial charge in [-0.15, -0.1) is 0 Å². The van der Waals surface area contributed by atoms with E-state index < -0.39 is 17.6 Å². The van der Waals surface area contributed by atoms with Crippen molar-refractivity contribution in [3.05, 3.63) is 89.5 Å². The number of amides is 2. The second-order valence-corrected chi connectivity index (χ2v) is 9.78. The molecule has 8 nitrogen and oxygen atoms in total. The predicted octanol–water partition coefficient (Wildman–Crippen LogP) is 6.09. The molecule has 3 rings (SSSR count). The van der Waals surface area contributed by atoms with Crippen LogP contribution in [0.15, 0.2) is 72.8 Å². The SMILES string of the molecule is CCOc1cc(NC(=O)CN(Cc2ccccc2)C(=O)OC(C)(C)C)c(C(=O)c2ccccc2)cc1OCC. The Balaban J connectivity index is 1.94. The van der Waals surface area contributed by atoms with Crippen molar-refractivity contribution in [3.8, 4) is 11.5 Å². The van der Waals surface area contributed by atoms with Crippen molar-refractivity contribution in [1.29, 1.82) is 0 Å². The summed E-state index contributed by atoms with van der Waals surface area (Å²) in [6.07, 6.45) is -0.621. The van der Waals surface area contributed by atoms with Gasteiger partial charge in [-0.2, -0.15) is 0 Å². The topological polar surface area (TPSA) is 94.2 Å². The normalized spacial score (nSPS) is 10.9. The zero-order valence-electron chi connectivity index (χ0n) is 23.2. The zero-order valence-corrected chi connectivity index (χ0v) is 23.2. The number of hydrogen-bond acceptors (Lipinski definition) is 6. The van der Waals surface area contributed by atoms with Crippen molar-refractivity contribution < 1.29 is 28.6 Å². The van der Waals surface area contributed by atoms with Crippen LogP contribution in [0.5, 0.6) is 11.5 Å². The lowest BCUT2D eigenvalue weighted by atomic mass is 10.0. The molecule has 0 radical (unpaired) electrons. The van der Waals surface area contributed by atoms with Crippen LogP contribution < -0.4 is 14.8 Å². The average Bonchev–Trinajstić information content (AvgIpc) is 2.89. The van der Waals surface area contributed by atoms with Crippen LogP contribution >= 0.6 is 0 Å². The van der Waals surface area contributed by atoms with Crippen molar-refractivity contribution in [1.82, 2.24) is 4.90 Å². The zero-order chi connectivity index (χ0) is 28.4. The maximum Gasteiger partial charge on any atom is 0.411 e. The molecule has 8 heteroatoms. The van der Waals surface area contributed by atoms with Gasteiger partial charge < -0.3 is 19.5 Å². The minimum Gasteiger partial charge on any atom is -0.490 e. The van der Waals surface area contributed by atoms with Crippen LogP contribution in [-0.4, -0.2) is 48.0 Å². The number of ether oxygens (including phenoxy) is 3. The first-order valence-electron chi connectivity index (χ1n) is 13.0. The Hall–Kier alpha value is -4.33. The van der Waals surface area contributed by atoms with E-state index in [0.717, 1.165) is 5.56 Å². The summed E-state index contributed by atoms with van der Waals surface area (Å²) in [6, 6.07) is 21.3. The van der Waals surface area contributed by atoms with E-state index in [0.29, 0.717) is 30.3 Å². The molecule has 0 saturated carbocycles. The van der Waals surface area contributed by atoms with E-state index >= 15 is 0 Å². The molecule has 0 unspecified atom stereocenters. The van der Waals surface area contributed by atoms with Crippen molar-refractivity contribution in [2.45, 2.75) is 46.8 Å². The highest BCUT2D eigenvalue weighted by molar-refractivity contribution is 6.14. The lowest BCUT2D eigenvalue weighted by molar-refractivity contribution is -0.117. The van der Waals surface area contributed by atoms with Gasteiger partial charge in [-0.25, -0.2) is 4.79 Å². The lowest BCUT2D eigenvalue weighted by Crippen LogP contribution is -2.41. The van der Waals surface area contributed by atoms with Crippen LogP contribution in [0.25, 0.3) is 0 Å². The Morgan fingerprint density at radius 3 is 1.95 bits per heavy atom. The number of ketones is 1. The highest BCUT2D eigenvalue weighted by Crippen LogP contribution is 2.35. The molecule has 1 N–H and O–H groups in total. The molecule has 0 aromatic heterocycles. The van der Waals surface area contributed by atoms with Crippen LogP contribution in [0.2, 0.25) is 0 Å². The number of hydrogen-bond donors (Lipinski definition) is 1. The maximum atomic E-state index is 13.5. The predicted molar refractivity (Wildman–Crippen MR) is 150 cm³/mol. The molecule has 0 bridgehead atoms. The second-order valence-electron chi connectivity index (χ2n) is 9.78. The lowest BCUT2D eigenvalue weighted by Gasteiger charge is -2.27. The Morgan fingerprint density at radius 1 is 0.821 bits per heavy atom. The van der Waals surface area contributed by atoms with Gasteiger partial charge in [-0.3, -0.25) is 14.5 Å². The molecule has 0 fully saturated rings. The Kier molecular flexibility index (Phi) is 10.1. The van der Waals surface area contributed by atoms with E-state index in [9.17, 15) is 14.4 Å². The van der Waals surface area contributed by atoms with E-state index in [-0.39, 0.29) is 30.1 Å². The van der Waals surface area contributed by atoms with E-state index in [1.165, 1.54) is 4.90 Å². The third kappa shape index (κ3) is 8.60. The number of carbonyl (C=O) groups is 3. The summed E-state index contributed by atoms with van der Waals surface area (Å²) in [5, 5.41) is 2.82. The van der Waals surface area contributed by atoms with Gasteiger partial charge in [0, 0.05) is 18.2 Å². The monoisotopic (exact) mass is 532 g/mol. The minimum atomic E-state index is -0.737. The molecule has 0 atom stereocenters. The summed E-state index contributed by atoms with van der Waals surface area (Å²) < 4.78 is 17.0. The summed E-state index contributed by atoms with van der Waals surface area (Å²) in [5.41, 5.74) is 1.06. The van der Waals surface area contributed by atoms with Gasteiger partial charge in [0.2, 0.25) is 5.91 Å². The molecule has 0 aliphatic carbocycles. The Bertz CT molecular complexity index is 1270. The first-order valence-corrected chi connectivity index (χ1v) is 13.0. The number of nitrogens with zero attached hydrogens (tertiary/aromatic N) is 1. The quantitative estimate of drug-likeness (QED) is 0.300. The molecule has 3 aromatic carbocycles. The summed E-state index contributed by atoms with van der Waals surface area (Å²) in [7, 11) is 0. The van der Waals surface area contributed by atoms with Crippen molar-refractivity contribution >= 4 is 23.5 Å². The third-order valence-electron chi connectivity index (χ3n) is 5.44. The standard InChI is InChI=1S/C31H36N2O6/c1-6-37-26-18-24(29(35)23-16-12-9-13-17-23)25(19-27(26)38-7-2)32-28(34)21-33(30(36)39-31(3,4)5)20-22-14-10-8-11-15-22/h8-19H,6-7,20-21H2,1-5H3,(H,32,34). The van der Waals surface area contributed by atoms with Crippen molar-refractivity contribution in [3.63, 3.8) is 0 Å². The fourth-order valence-corrected chi connectivity index (χ4v) is 3.81. The molecular formula is C31H36N2O6. The van der Waals surface area contributed by atoms with Crippen LogP contribution in [0, 0.1) is 0 Å². The molecule has 0 aliphatic rings. The Morgan fingerprint density at radius 2 is 1.38 bits per heavy atom. The van der Waals surface area contributed by atoms with E-state index in [1.54, 1.807) is 57.2 Å². The maximum absolute atomic E-state index is 13.5. The minimum absolute atomic E-state index is 0.173. The molecule has 39 heavy (non-hydrogen) atoms. The second kappa shape index (κ2) is 13.5. The van der Waals surface area contributed by atoms with Gasteiger partial charge in [0.05, 0.1) is 24.5 Å².